The first-order chi connectivity index (χ1) is 25.6. The minimum absolute atomic E-state index is 0.0508. The molecule has 248 valence electrons. The Morgan fingerprint density at radius 2 is 1.56 bits per heavy atom. The second-order valence-corrected chi connectivity index (χ2v) is 14.0. The van der Waals surface area contributed by atoms with E-state index in [1.807, 2.05) is 48.6 Å². The Hall–Kier alpha value is -6.67. The van der Waals surface area contributed by atoms with Crippen molar-refractivity contribution in [3.05, 3.63) is 167 Å². The number of nitrogens with zero attached hydrogens (tertiary/aromatic N) is 3. The van der Waals surface area contributed by atoms with Crippen LogP contribution in [0.25, 0.3) is 33.0 Å². The lowest BCUT2D eigenvalue weighted by atomic mass is 9.78. The van der Waals surface area contributed by atoms with E-state index in [4.69, 9.17) is 15.0 Å². The molecule has 4 unspecified atom stereocenters. The number of hydrogen-bond donors (Lipinski definition) is 3. The molecule has 52 heavy (non-hydrogen) atoms. The molecular formula is C44H30N6O2. The molecule has 0 spiro atoms. The second-order valence-electron chi connectivity index (χ2n) is 14.0. The van der Waals surface area contributed by atoms with E-state index in [1.165, 1.54) is 27.5 Å². The number of rotatable bonds is 4. The maximum atomic E-state index is 13.4. The minimum atomic E-state index is -0.225. The van der Waals surface area contributed by atoms with Crippen LogP contribution in [-0.2, 0) is 0 Å². The summed E-state index contributed by atoms with van der Waals surface area (Å²) in [6.07, 6.45) is 19.2. The highest BCUT2D eigenvalue weighted by Crippen LogP contribution is 2.51. The highest BCUT2D eigenvalue weighted by Gasteiger charge is 2.40. The van der Waals surface area contributed by atoms with Crippen molar-refractivity contribution in [2.45, 2.75) is 18.5 Å². The molecule has 6 aliphatic rings. The lowest BCUT2D eigenvalue weighted by Crippen LogP contribution is -2.35. The predicted octanol–water partition coefficient (Wildman–Crippen LogP) is 7.91. The molecular weight excluding hydrogens is 645 g/mol. The van der Waals surface area contributed by atoms with Crippen molar-refractivity contribution in [1.29, 1.82) is 0 Å². The van der Waals surface area contributed by atoms with E-state index >= 15 is 0 Å². The third-order valence-electron chi connectivity index (χ3n) is 11.0. The molecule has 5 aromatic rings. The van der Waals surface area contributed by atoms with Crippen molar-refractivity contribution in [1.82, 2.24) is 20.6 Å². The van der Waals surface area contributed by atoms with Gasteiger partial charge in [0.1, 0.15) is 0 Å². The van der Waals surface area contributed by atoms with E-state index in [-0.39, 0.29) is 29.8 Å². The number of benzene rings is 4. The van der Waals surface area contributed by atoms with Gasteiger partial charge in [-0.1, -0.05) is 85.0 Å². The Kier molecular flexibility index (Phi) is 6.11. The number of allylic oxidation sites excluding steroid dienone is 9. The zero-order valence-electron chi connectivity index (χ0n) is 27.8. The molecule has 0 saturated heterocycles. The van der Waals surface area contributed by atoms with E-state index in [2.05, 4.69) is 88.8 Å². The number of hydrogen-bond acceptors (Lipinski definition) is 6. The van der Waals surface area contributed by atoms with Crippen molar-refractivity contribution >= 4 is 61.9 Å². The smallest absolute Gasteiger partial charge is 0.255 e. The maximum Gasteiger partial charge on any atom is 0.255 e. The highest BCUT2D eigenvalue weighted by molar-refractivity contribution is 6.23. The van der Waals surface area contributed by atoms with E-state index in [9.17, 15) is 9.59 Å². The standard InChI is InChI=1S/C44H30N6O2/c51-43(25-13-19-33-35(21-25)49-41-31-11-3-7-23-5-1-9-29(37(23)31)39(41)47-33)45-27-15-17-28(18-16-27)46-44(52)26-14-20-34-36(22-26)50-42-32-12-4-8-24-6-2-10-30(38(24)32)40(42)48-34/h1-17,19-23,28,37,42,50H,18H2,(H,45,51)(H,46,52). The van der Waals surface area contributed by atoms with Gasteiger partial charge in [-0.15, -0.1) is 0 Å². The first-order valence-corrected chi connectivity index (χ1v) is 17.7. The third kappa shape index (κ3) is 4.37. The first-order valence-electron chi connectivity index (χ1n) is 17.7. The molecule has 3 N–H and O–H groups in total. The minimum Gasteiger partial charge on any atom is -0.371 e. The molecule has 1 aliphatic heterocycles. The van der Waals surface area contributed by atoms with Crippen LogP contribution in [0.15, 0.2) is 138 Å². The summed E-state index contributed by atoms with van der Waals surface area (Å²) in [5.41, 5.74) is 12.5. The molecule has 0 radical (unpaired) electrons. The zero-order valence-corrected chi connectivity index (χ0v) is 27.8. The van der Waals surface area contributed by atoms with Crippen molar-refractivity contribution in [3.63, 3.8) is 0 Å². The monoisotopic (exact) mass is 674 g/mol. The van der Waals surface area contributed by atoms with Crippen LogP contribution >= 0.6 is 0 Å². The van der Waals surface area contributed by atoms with E-state index < -0.39 is 0 Å². The van der Waals surface area contributed by atoms with Gasteiger partial charge in [-0.2, -0.15) is 0 Å². The highest BCUT2D eigenvalue weighted by atomic mass is 16.2. The fourth-order valence-electron chi connectivity index (χ4n) is 8.55. The third-order valence-corrected chi connectivity index (χ3v) is 11.0. The van der Waals surface area contributed by atoms with Gasteiger partial charge < -0.3 is 16.0 Å². The van der Waals surface area contributed by atoms with Crippen molar-refractivity contribution in [2.75, 3.05) is 5.32 Å². The summed E-state index contributed by atoms with van der Waals surface area (Å²) in [6, 6.07) is 23.5. The summed E-state index contributed by atoms with van der Waals surface area (Å²) >= 11 is 0. The number of amides is 2. The van der Waals surface area contributed by atoms with Crippen LogP contribution in [0.1, 0.15) is 55.7 Å². The summed E-state index contributed by atoms with van der Waals surface area (Å²) in [4.78, 5) is 41.8. The molecule has 0 fully saturated rings. The van der Waals surface area contributed by atoms with Gasteiger partial charge in [0.15, 0.2) is 0 Å². The van der Waals surface area contributed by atoms with E-state index in [0.717, 1.165) is 39.6 Å². The topological polar surface area (TPSA) is 108 Å². The normalized spacial score (nSPS) is 22.3. The molecule has 4 atom stereocenters. The second kappa shape index (κ2) is 10.9. The Morgan fingerprint density at radius 1 is 0.788 bits per heavy atom. The average Bonchev–Trinajstić information content (AvgIpc) is 3.67. The quantitative estimate of drug-likeness (QED) is 0.180. The van der Waals surface area contributed by atoms with Gasteiger partial charge in [-0.3, -0.25) is 9.59 Å². The molecule has 0 bridgehead atoms. The Bertz CT molecular complexity index is 2710. The zero-order chi connectivity index (χ0) is 34.5. The number of carbonyl (C=O) groups excluding carboxylic acids is 2. The number of anilines is 1. The average molecular weight is 675 g/mol. The lowest BCUT2D eigenvalue weighted by Gasteiger charge is -2.25. The van der Waals surface area contributed by atoms with Gasteiger partial charge in [0.25, 0.3) is 11.8 Å². The largest absolute Gasteiger partial charge is 0.371 e. The van der Waals surface area contributed by atoms with Crippen LogP contribution in [0.2, 0.25) is 0 Å². The fraction of sp³-hybridized carbons (Fsp3) is 0.114. The van der Waals surface area contributed by atoms with Gasteiger partial charge in [0, 0.05) is 34.2 Å². The molecule has 2 heterocycles. The first kappa shape index (κ1) is 29.1. The van der Waals surface area contributed by atoms with Crippen LogP contribution in [0, 0.1) is 11.8 Å². The Morgan fingerprint density at radius 3 is 2.37 bits per heavy atom. The Balaban J connectivity index is 0.764. The lowest BCUT2D eigenvalue weighted by molar-refractivity contribution is 0.0939. The van der Waals surface area contributed by atoms with E-state index in [1.54, 1.807) is 6.07 Å². The predicted molar refractivity (Wildman–Crippen MR) is 204 cm³/mol. The number of fused-ring (bicyclic) bond motifs is 8. The molecule has 8 heteroatoms. The summed E-state index contributed by atoms with van der Waals surface area (Å²) in [5.74, 6) is 0.176. The van der Waals surface area contributed by atoms with Crippen LogP contribution in [-0.4, -0.2) is 33.5 Å². The summed E-state index contributed by atoms with van der Waals surface area (Å²) in [7, 11) is 0. The molecule has 1 aromatic heterocycles. The number of aromatic nitrogens is 2. The van der Waals surface area contributed by atoms with Gasteiger partial charge in [0.05, 0.1) is 51.6 Å². The van der Waals surface area contributed by atoms with Crippen molar-refractivity contribution in [2.24, 2.45) is 16.8 Å². The molecule has 4 aromatic carbocycles. The van der Waals surface area contributed by atoms with Crippen LogP contribution < -0.4 is 16.0 Å². The Labute approximate surface area is 298 Å². The van der Waals surface area contributed by atoms with Gasteiger partial charge in [0.2, 0.25) is 0 Å². The van der Waals surface area contributed by atoms with Gasteiger partial charge in [-0.25, -0.2) is 15.0 Å². The summed E-state index contributed by atoms with van der Waals surface area (Å²) < 4.78 is 0. The molecule has 5 aliphatic carbocycles. The van der Waals surface area contributed by atoms with Crippen molar-refractivity contribution in [3.8, 4) is 0 Å². The summed E-state index contributed by atoms with van der Waals surface area (Å²) in [6.45, 7) is 0. The number of carbonyl (C=O) groups is 2. The van der Waals surface area contributed by atoms with E-state index in [0.29, 0.717) is 34.7 Å². The number of nitrogens with one attached hydrogen (secondary N) is 3. The SMILES string of the molecule is O=C(NC1=CCC(NC(=O)c2ccc3c(c2)NC2C(=N3)c3cccc4cccc2c34)C=C1)c1ccc2nc3c(nc2c1)C1=CC=CC2C=CC=C3C12. The fourth-order valence-corrected chi connectivity index (χ4v) is 8.55. The van der Waals surface area contributed by atoms with Gasteiger partial charge in [-0.05, 0) is 76.4 Å². The maximum absolute atomic E-state index is 13.4. The molecule has 8 nitrogen and oxygen atoms in total. The van der Waals surface area contributed by atoms with Crippen LogP contribution in [0.4, 0.5) is 11.4 Å². The number of aliphatic imine (C=N–C) groups is 1. The van der Waals surface area contributed by atoms with Crippen molar-refractivity contribution < 1.29 is 9.59 Å². The molecule has 0 saturated carbocycles. The summed E-state index contributed by atoms with van der Waals surface area (Å²) in [5, 5.41) is 12.2. The molecule has 11 rings (SSSR count). The van der Waals surface area contributed by atoms with Gasteiger partial charge >= 0.3 is 0 Å². The molecule has 2 amide bonds. The van der Waals surface area contributed by atoms with Crippen LogP contribution in [0.5, 0.6) is 0 Å². The van der Waals surface area contributed by atoms with Crippen LogP contribution in [0.3, 0.4) is 0 Å².